The molecule has 3 nitrogen and oxygen atoms in total. The van der Waals surface area contributed by atoms with E-state index in [1.54, 1.807) is 0 Å². The fourth-order valence-corrected chi connectivity index (χ4v) is 3.53. The molecule has 0 atom stereocenters. The number of benzene rings is 3. The summed E-state index contributed by atoms with van der Waals surface area (Å²) in [7, 11) is 0. The van der Waals surface area contributed by atoms with E-state index in [1.807, 2.05) is 18.2 Å². The zero-order chi connectivity index (χ0) is 19.5. The number of ether oxygens (including phenoxy) is 1. The van der Waals surface area contributed by atoms with E-state index in [0.717, 1.165) is 46.2 Å². The van der Waals surface area contributed by atoms with Crippen LogP contribution in [-0.2, 0) is 13.0 Å². The van der Waals surface area contributed by atoms with Crippen molar-refractivity contribution in [3.05, 3.63) is 94.3 Å². The summed E-state index contributed by atoms with van der Waals surface area (Å²) >= 11 is 6.02. The van der Waals surface area contributed by atoms with E-state index in [-0.39, 0.29) is 0 Å². The summed E-state index contributed by atoms with van der Waals surface area (Å²) in [4.78, 5) is 4.86. The van der Waals surface area contributed by atoms with Crippen LogP contribution in [-0.4, -0.2) is 16.2 Å². The molecule has 0 aliphatic carbocycles. The zero-order valence-corrected chi connectivity index (χ0v) is 16.9. The van der Waals surface area contributed by atoms with Gasteiger partial charge in [-0.25, -0.2) is 4.98 Å². The van der Waals surface area contributed by atoms with Crippen molar-refractivity contribution in [3.8, 4) is 5.75 Å². The van der Waals surface area contributed by atoms with E-state index in [2.05, 4.69) is 66.9 Å². The van der Waals surface area contributed by atoms with Crippen molar-refractivity contribution in [1.82, 2.24) is 9.55 Å². The number of aryl methyl sites for hydroxylation is 2. The highest BCUT2D eigenvalue weighted by Gasteiger charge is 2.11. The fourth-order valence-electron chi connectivity index (χ4n) is 3.40. The first-order chi connectivity index (χ1) is 13.6. The van der Waals surface area contributed by atoms with E-state index in [1.165, 1.54) is 11.1 Å². The molecule has 28 heavy (non-hydrogen) atoms. The van der Waals surface area contributed by atoms with Crippen LogP contribution in [0.4, 0.5) is 0 Å². The van der Waals surface area contributed by atoms with E-state index in [4.69, 9.17) is 21.3 Å². The maximum atomic E-state index is 6.09. The van der Waals surface area contributed by atoms with Gasteiger partial charge in [0, 0.05) is 11.4 Å². The minimum Gasteiger partial charge on any atom is -0.491 e. The van der Waals surface area contributed by atoms with Crippen molar-refractivity contribution in [2.24, 2.45) is 0 Å². The monoisotopic (exact) mass is 390 g/mol. The second kappa shape index (κ2) is 8.07. The Kier molecular flexibility index (Phi) is 5.36. The Hall–Kier alpha value is -2.78. The van der Waals surface area contributed by atoms with Gasteiger partial charge in [0.1, 0.15) is 18.2 Å². The summed E-state index contributed by atoms with van der Waals surface area (Å²) in [6.07, 6.45) is 0.759. The van der Waals surface area contributed by atoms with E-state index in [9.17, 15) is 0 Å². The molecule has 4 aromatic rings. The van der Waals surface area contributed by atoms with Crippen molar-refractivity contribution in [1.29, 1.82) is 0 Å². The second-order valence-electron chi connectivity index (χ2n) is 7.09. The number of hydrogen-bond acceptors (Lipinski definition) is 2. The summed E-state index contributed by atoms with van der Waals surface area (Å²) in [5.41, 5.74) is 5.70. The Balaban J connectivity index is 1.58. The molecule has 4 rings (SSSR count). The zero-order valence-electron chi connectivity index (χ0n) is 16.2. The normalized spacial score (nSPS) is 11.1. The third-order valence-corrected chi connectivity index (χ3v) is 5.18. The van der Waals surface area contributed by atoms with Gasteiger partial charge in [0.25, 0.3) is 0 Å². The van der Waals surface area contributed by atoms with E-state index < -0.39 is 0 Å². The van der Waals surface area contributed by atoms with Crippen molar-refractivity contribution < 1.29 is 4.74 Å². The van der Waals surface area contributed by atoms with Crippen molar-refractivity contribution >= 4 is 22.6 Å². The molecular weight excluding hydrogens is 368 g/mol. The van der Waals surface area contributed by atoms with Gasteiger partial charge in [-0.2, -0.15) is 0 Å². The lowest BCUT2D eigenvalue weighted by molar-refractivity contribution is 0.296. The van der Waals surface area contributed by atoms with Crippen molar-refractivity contribution in [2.45, 2.75) is 26.8 Å². The lowest BCUT2D eigenvalue weighted by atomic mass is 10.1. The van der Waals surface area contributed by atoms with Gasteiger partial charge in [-0.05, 0) is 60.9 Å². The Morgan fingerprint density at radius 2 is 1.75 bits per heavy atom. The molecule has 3 aromatic carbocycles. The number of fused-ring (bicyclic) bond motifs is 1. The molecule has 0 saturated carbocycles. The molecule has 0 spiro atoms. The number of imidazole rings is 1. The maximum absolute atomic E-state index is 6.09. The van der Waals surface area contributed by atoms with Gasteiger partial charge in [-0.15, -0.1) is 0 Å². The van der Waals surface area contributed by atoms with Crippen LogP contribution in [0.3, 0.4) is 0 Å². The average Bonchev–Trinajstić information content (AvgIpc) is 3.04. The Morgan fingerprint density at radius 3 is 2.57 bits per heavy atom. The third kappa shape index (κ3) is 4.05. The van der Waals surface area contributed by atoms with Gasteiger partial charge in [-0.1, -0.05) is 48.0 Å². The fraction of sp³-hybridized carbons (Fsp3) is 0.208. The first kappa shape index (κ1) is 18.6. The summed E-state index contributed by atoms with van der Waals surface area (Å²) in [6, 6.07) is 22.5. The molecule has 4 heteroatoms. The number of halogens is 1. The molecule has 0 N–H and O–H groups in total. The van der Waals surface area contributed by atoms with Crippen molar-refractivity contribution in [2.75, 3.05) is 6.61 Å². The largest absolute Gasteiger partial charge is 0.491 e. The molecule has 0 unspecified atom stereocenters. The van der Waals surface area contributed by atoms with Gasteiger partial charge in [0.05, 0.1) is 17.6 Å². The third-order valence-electron chi connectivity index (χ3n) is 4.93. The molecule has 0 saturated heterocycles. The van der Waals surface area contributed by atoms with Crippen LogP contribution in [0.2, 0.25) is 5.02 Å². The number of hydrogen-bond donors (Lipinski definition) is 0. The van der Waals surface area contributed by atoms with Gasteiger partial charge in [0.15, 0.2) is 0 Å². The van der Waals surface area contributed by atoms with Crippen LogP contribution in [0.5, 0.6) is 5.75 Å². The molecule has 1 aromatic heterocycles. The maximum Gasteiger partial charge on any atom is 0.122 e. The SMILES string of the molecule is Cc1ccc(C)c(OCCn2c(Cc3ccc(Cl)cc3)nc3ccccc32)c1. The standard InChI is InChI=1S/C24H23ClN2O/c1-17-7-8-18(2)23(15-17)28-14-13-27-22-6-4-3-5-21(22)26-24(27)16-19-9-11-20(25)12-10-19/h3-12,15H,13-14,16H2,1-2H3. The van der Waals surface area contributed by atoms with E-state index >= 15 is 0 Å². The number of para-hydroxylation sites is 2. The quantitative estimate of drug-likeness (QED) is 0.405. The number of rotatable bonds is 6. The molecule has 142 valence electrons. The smallest absolute Gasteiger partial charge is 0.122 e. The predicted molar refractivity (Wildman–Crippen MR) is 115 cm³/mol. The number of nitrogens with zero attached hydrogens (tertiary/aromatic N) is 2. The van der Waals surface area contributed by atoms with Crippen LogP contribution in [0, 0.1) is 13.8 Å². The molecule has 0 amide bonds. The Bertz CT molecular complexity index is 1100. The van der Waals surface area contributed by atoms with Crippen LogP contribution >= 0.6 is 11.6 Å². The molecule has 0 fully saturated rings. The number of aromatic nitrogens is 2. The first-order valence-electron chi connectivity index (χ1n) is 9.49. The summed E-state index contributed by atoms with van der Waals surface area (Å²) < 4.78 is 8.35. The highest BCUT2D eigenvalue weighted by molar-refractivity contribution is 6.30. The minimum atomic E-state index is 0.596. The van der Waals surface area contributed by atoms with Crippen LogP contribution in [0.25, 0.3) is 11.0 Å². The minimum absolute atomic E-state index is 0.596. The molecule has 0 aliphatic heterocycles. The summed E-state index contributed by atoms with van der Waals surface area (Å²) in [5, 5.41) is 0.749. The highest BCUT2D eigenvalue weighted by Crippen LogP contribution is 2.22. The lowest BCUT2D eigenvalue weighted by Gasteiger charge is -2.13. The van der Waals surface area contributed by atoms with Crippen LogP contribution in [0.15, 0.2) is 66.7 Å². The highest BCUT2D eigenvalue weighted by atomic mass is 35.5. The topological polar surface area (TPSA) is 27.1 Å². The van der Waals surface area contributed by atoms with E-state index in [0.29, 0.717) is 6.61 Å². The lowest BCUT2D eigenvalue weighted by Crippen LogP contribution is -2.12. The molecular formula is C24H23ClN2O. The molecule has 0 aliphatic rings. The van der Waals surface area contributed by atoms with Gasteiger partial charge >= 0.3 is 0 Å². The molecule has 0 radical (unpaired) electrons. The van der Waals surface area contributed by atoms with Gasteiger partial charge in [0.2, 0.25) is 0 Å². The van der Waals surface area contributed by atoms with Crippen molar-refractivity contribution in [3.63, 3.8) is 0 Å². The van der Waals surface area contributed by atoms with Crippen LogP contribution < -0.4 is 4.74 Å². The van der Waals surface area contributed by atoms with Gasteiger partial charge in [-0.3, -0.25) is 0 Å². The average molecular weight is 391 g/mol. The summed E-state index contributed by atoms with van der Waals surface area (Å²) in [5.74, 6) is 1.98. The van der Waals surface area contributed by atoms with Gasteiger partial charge < -0.3 is 9.30 Å². The molecule has 1 heterocycles. The molecule has 0 bridgehead atoms. The van der Waals surface area contributed by atoms with Crippen LogP contribution in [0.1, 0.15) is 22.5 Å². The Morgan fingerprint density at radius 1 is 0.964 bits per heavy atom. The summed E-state index contributed by atoms with van der Waals surface area (Å²) in [6.45, 7) is 5.50. The predicted octanol–water partition coefficient (Wildman–Crippen LogP) is 5.98. The second-order valence-corrected chi connectivity index (χ2v) is 7.53. The Labute approximate surface area is 170 Å². The first-order valence-corrected chi connectivity index (χ1v) is 9.86.